The Kier molecular flexibility index (Phi) is 2.89. The molecule has 4 heteroatoms. The summed E-state index contributed by atoms with van der Waals surface area (Å²) in [4.78, 5) is 11.6. The highest BCUT2D eigenvalue weighted by Gasteiger charge is 2.57. The fourth-order valence-electron chi connectivity index (χ4n) is 1.92. The number of anilines is 1. The minimum atomic E-state index is -2.63. The van der Waals surface area contributed by atoms with E-state index in [1.54, 1.807) is 0 Å². The molecule has 1 aliphatic rings. The van der Waals surface area contributed by atoms with Crippen molar-refractivity contribution >= 4 is 11.6 Å². The van der Waals surface area contributed by atoms with Crippen LogP contribution in [-0.2, 0) is 4.79 Å². The molecule has 1 atom stereocenters. The average Bonchev–Trinajstić information content (AvgIpc) is 2.80. The number of hydrogen-bond donors (Lipinski definition) is 1. The van der Waals surface area contributed by atoms with Gasteiger partial charge in [0, 0.05) is 24.4 Å². The van der Waals surface area contributed by atoms with Crippen LogP contribution < -0.4 is 5.32 Å². The van der Waals surface area contributed by atoms with Gasteiger partial charge >= 0.3 is 0 Å². The summed E-state index contributed by atoms with van der Waals surface area (Å²) < 4.78 is 25.3. The number of rotatable bonds is 3. The molecule has 1 saturated carbocycles. The van der Waals surface area contributed by atoms with Crippen molar-refractivity contribution in [2.45, 2.75) is 32.6 Å². The van der Waals surface area contributed by atoms with E-state index in [4.69, 9.17) is 0 Å². The first-order valence-electron chi connectivity index (χ1n) is 5.64. The van der Waals surface area contributed by atoms with Crippen molar-refractivity contribution in [1.29, 1.82) is 0 Å². The first-order valence-corrected chi connectivity index (χ1v) is 5.64. The van der Waals surface area contributed by atoms with Crippen molar-refractivity contribution in [3.63, 3.8) is 0 Å². The van der Waals surface area contributed by atoms with Crippen LogP contribution in [0, 0.1) is 19.8 Å². The van der Waals surface area contributed by atoms with Crippen molar-refractivity contribution in [1.82, 2.24) is 0 Å². The second kappa shape index (κ2) is 4.09. The van der Waals surface area contributed by atoms with E-state index in [0.717, 1.165) is 16.8 Å². The van der Waals surface area contributed by atoms with E-state index in [-0.39, 0.29) is 18.7 Å². The van der Waals surface area contributed by atoms with Crippen molar-refractivity contribution in [3.8, 4) is 0 Å². The van der Waals surface area contributed by atoms with Crippen LogP contribution in [0.15, 0.2) is 18.2 Å². The lowest BCUT2D eigenvalue weighted by molar-refractivity contribution is -0.117. The van der Waals surface area contributed by atoms with Crippen molar-refractivity contribution in [3.05, 3.63) is 29.3 Å². The molecule has 0 spiro atoms. The molecule has 0 heterocycles. The summed E-state index contributed by atoms with van der Waals surface area (Å²) in [6, 6.07) is 5.66. The van der Waals surface area contributed by atoms with Gasteiger partial charge in [-0.15, -0.1) is 0 Å². The summed E-state index contributed by atoms with van der Waals surface area (Å²) in [5, 5.41) is 2.72. The van der Waals surface area contributed by atoms with Crippen molar-refractivity contribution < 1.29 is 13.6 Å². The molecule has 1 aliphatic carbocycles. The van der Waals surface area contributed by atoms with Gasteiger partial charge in [0.2, 0.25) is 5.91 Å². The summed E-state index contributed by atoms with van der Waals surface area (Å²) in [5.74, 6) is -3.73. The van der Waals surface area contributed by atoms with Gasteiger partial charge in [-0.25, -0.2) is 8.78 Å². The number of hydrogen-bond acceptors (Lipinski definition) is 1. The summed E-state index contributed by atoms with van der Waals surface area (Å²) >= 11 is 0. The third kappa shape index (κ3) is 2.62. The van der Waals surface area contributed by atoms with E-state index in [9.17, 15) is 13.6 Å². The molecule has 1 fully saturated rings. The minimum Gasteiger partial charge on any atom is -0.326 e. The van der Waals surface area contributed by atoms with Crippen LogP contribution >= 0.6 is 0 Å². The number of carbonyl (C=O) groups excluding carboxylic acids is 1. The van der Waals surface area contributed by atoms with E-state index in [0.29, 0.717) is 0 Å². The maximum Gasteiger partial charge on any atom is 0.252 e. The van der Waals surface area contributed by atoms with Gasteiger partial charge in [0.1, 0.15) is 0 Å². The summed E-state index contributed by atoms with van der Waals surface area (Å²) in [6.07, 6.45) is -0.256. The topological polar surface area (TPSA) is 29.1 Å². The zero-order valence-corrected chi connectivity index (χ0v) is 9.89. The molecule has 0 saturated heterocycles. The number of aryl methyl sites for hydroxylation is 2. The Labute approximate surface area is 99.0 Å². The lowest BCUT2D eigenvalue weighted by Gasteiger charge is -2.11. The predicted octanol–water partition coefficient (Wildman–Crippen LogP) is 3.29. The zero-order valence-electron chi connectivity index (χ0n) is 9.89. The first kappa shape index (κ1) is 12.0. The van der Waals surface area contributed by atoms with Gasteiger partial charge in [0.15, 0.2) is 0 Å². The number of para-hydroxylation sites is 1. The molecule has 92 valence electrons. The van der Waals surface area contributed by atoms with Crippen LogP contribution in [0.25, 0.3) is 0 Å². The van der Waals surface area contributed by atoms with Crippen LogP contribution in [-0.4, -0.2) is 11.8 Å². The Balaban J connectivity index is 1.99. The monoisotopic (exact) mass is 239 g/mol. The third-order valence-corrected chi connectivity index (χ3v) is 3.13. The predicted molar refractivity (Wildman–Crippen MR) is 62.2 cm³/mol. The Hall–Kier alpha value is -1.45. The van der Waals surface area contributed by atoms with Crippen LogP contribution in [0.4, 0.5) is 14.5 Å². The molecular weight excluding hydrogens is 224 g/mol. The summed E-state index contributed by atoms with van der Waals surface area (Å²) in [5.41, 5.74) is 2.63. The molecule has 0 aromatic heterocycles. The number of nitrogens with one attached hydrogen (secondary N) is 1. The number of benzene rings is 1. The van der Waals surface area contributed by atoms with Gasteiger partial charge in [-0.3, -0.25) is 4.79 Å². The molecule has 1 aromatic rings. The maximum atomic E-state index is 12.7. The van der Waals surface area contributed by atoms with Gasteiger partial charge < -0.3 is 5.32 Å². The Morgan fingerprint density at radius 2 is 1.94 bits per heavy atom. The Morgan fingerprint density at radius 1 is 1.41 bits per heavy atom. The molecule has 17 heavy (non-hydrogen) atoms. The molecule has 1 amide bonds. The minimum absolute atomic E-state index is 0.0965. The van der Waals surface area contributed by atoms with E-state index < -0.39 is 11.8 Å². The SMILES string of the molecule is Cc1cccc(C)c1NC(=O)CC1CC1(F)F. The van der Waals surface area contributed by atoms with E-state index >= 15 is 0 Å². The largest absolute Gasteiger partial charge is 0.326 e. The van der Waals surface area contributed by atoms with E-state index in [1.165, 1.54) is 0 Å². The van der Waals surface area contributed by atoms with E-state index in [1.807, 2.05) is 32.0 Å². The molecule has 1 unspecified atom stereocenters. The molecule has 0 radical (unpaired) electrons. The Bertz CT molecular complexity index is 436. The van der Waals surface area contributed by atoms with Crippen molar-refractivity contribution in [2.24, 2.45) is 5.92 Å². The number of carbonyl (C=O) groups is 1. The second-order valence-electron chi connectivity index (χ2n) is 4.68. The number of halogens is 2. The highest BCUT2D eigenvalue weighted by Crippen LogP contribution is 2.50. The lowest BCUT2D eigenvalue weighted by atomic mass is 10.1. The van der Waals surface area contributed by atoms with Gasteiger partial charge in [0.05, 0.1) is 0 Å². The molecule has 1 N–H and O–H groups in total. The second-order valence-corrected chi connectivity index (χ2v) is 4.68. The molecule has 2 rings (SSSR count). The molecular formula is C13H15F2NO. The number of amides is 1. The highest BCUT2D eigenvalue weighted by atomic mass is 19.3. The van der Waals surface area contributed by atoms with Crippen LogP contribution in [0.2, 0.25) is 0 Å². The zero-order chi connectivity index (χ0) is 12.6. The highest BCUT2D eigenvalue weighted by molar-refractivity contribution is 5.92. The Morgan fingerprint density at radius 3 is 2.41 bits per heavy atom. The fraction of sp³-hybridized carbons (Fsp3) is 0.462. The first-order chi connectivity index (χ1) is 7.90. The lowest BCUT2D eigenvalue weighted by Crippen LogP contribution is -2.15. The van der Waals surface area contributed by atoms with Crippen LogP contribution in [0.3, 0.4) is 0 Å². The summed E-state index contributed by atoms with van der Waals surface area (Å²) in [7, 11) is 0. The molecule has 0 bridgehead atoms. The number of alkyl halides is 2. The fourth-order valence-corrected chi connectivity index (χ4v) is 1.92. The van der Waals surface area contributed by atoms with Crippen molar-refractivity contribution in [2.75, 3.05) is 5.32 Å². The van der Waals surface area contributed by atoms with Crippen LogP contribution in [0.5, 0.6) is 0 Å². The molecule has 1 aromatic carbocycles. The van der Waals surface area contributed by atoms with Gasteiger partial charge in [-0.05, 0) is 25.0 Å². The smallest absolute Gasteiger partial charge is 0.252 e. The quantitative estimate of drug-likeness (QED) is 0.861. The normalized spacial score (nSPS) is 21.1. The average molecular weight is 239 g/mol. The van der Waals surface area contributed by atoms with Gasteiger partial charge in [-0.2, -0.15) is 0 Å². The van der Waals surface area contributed by atoms with E-state index in [2.05, 4.69) is 5.32 Å². The molecule has 2 nitrogen and oxygen atoms in total. The van der Waals surface area contributed by atoms with Gasteiger partial charge in [-0.1, -0.05) is 18.2 Å². The van der Waals surface area contributed by atoms with Crippen LogP contribution in [0.1, 0.15) is 24.0 Å². The maximum absolute atomic E-state index is 12.7. The summed E-state index contributed by atoms with van der Waals surface area (Å²) in [6.45, 7) is 3.77. The molecule has 0 aliphatic heterocycles. The third-order valence-electron chi connectivity index (χ3n) is 3.13. The van der Waals surface area contributed by atoms with Gasteiger partial charge in [0.25, 0.3) is 5.92 Å². The standard InChI is InChI=1S/C13H15F2NO/c1-8-4-3-5-9(2)12(8)16-11(17)6-10-7-13(10,14)15/h3-5,10H,6-7H2,1-2H3,(H,16,17).